The molecule has 0 bridgehead atoms. The fourth-order valence-corrected chi connectivity index (χ4v) is 2.49. The van der Waals surface area contributed by atoms with Crippen LogP contribution in [0.5, 0.6) is 0 Å². The van der Waals surface area contributed by atoms with Gasteiger partial charge in [0.25, 0.3) is 5.56 Å². The summed E-state index contributed by atoms with van der Waals surface area (Å²) in [5.74, 6) is 0.333. The maximum absolute atomic E-state index is 11.7. The topological polar surface area (TPSA) is 65.7 Å². The second-order valence-electron chi connectivity index (χ2n) is 4.28. The monoisotopic (exact) mass is 208 g/mol. The Morgan fingerprint density at radius 1 is 1.07 bits per heavy atom. The van der Waals surface area contributed by atoms with Crippen molar-refractivity contribution in [3.63, 3.8) is 0 Å². The average Bonchev–Trinajstić information content (AvgIpc) is 2.17. The number of nitrogens with one attached hydrogen (secondary N) is 2. The maximum atomic E-state index is 11.7. The molecule has 0 saturated heterocycles. The Kier molecular flexibility index (Phi) is 2.75. The van der Waals surface area contributed by atoms with Gasteiger partial charge in [-0.15, -0.1) is 0 Å². The van der Waals surface area contributed by atoms with Gasteiger partial charge in [-0.3, -0.25) is 9.78 Å². The molecular formula is C11H16N2O2. The minimum Gasteiger partial charge on any atom is -0.311 e. The summed E-state index contributed by atoms with van der Waals surface area (Å²) in [5.41, 5.74) is 0.908. The van der Waals surface area contributed by atoms with Crippen molar-refractivity contribution < 1.29 is 0 Å². The van der Waals surface area contributed by atoms with Gasteiger partial charge in [0.15, 0.2) is 0 Å². The highest BCUT2D eigenvalue weighted by Gasteiger charge is 2.20. The van der Waals surface area contributed by atoms with E-state index in [0.717, 1.165) is 24.1 Å². The molecule has 1 aromatic rings. The minimum atomic E-state index is -0.406. The van der Waals surface area contributed by atoms with Crippen LogP contribution >= 0.6 is 0 Å². The molecule has 0 aromatic carbocycles. The maximum Gasteiger partial charge on any atom is 0.325 e. The van der Waals surface area contributed by atoms with Gasteiger partial charge >= 0.3 is 5.69 Å². The summed E-state index contributed by atoms with van der Waals surface area (Å²) in [6.07, 6.45) is 5.76. The van der Waals surface area contributed by atoms with Gasteiger partial charge in [-0.25, -0.2) is 4.79 Å². The second kappa shape index (κ2) is 4.04. The molecular weight excluding hydrogens is 192 g/mol. The van der Waals surface area contributed by atoms with Gasteiger partial charge in [0, 0.05) is 11.3 Å². The number of rotatable bonds is 1. The molecule has 1 heterocycles. The van der Waals surface area contributed by atoms with Crippen LogP contribution in [0.25, 0.3) is 0 Å². The molecule has 0 aliphatic heterocycles. The third-order valence-corrected chi connectivity index (χ3v) is 3.19. The first-order chi connectivity index (χ1) is 7.18. The van der Waals surface area contributed by atoms with Crippen LogP contribution in [0.15, 0.2) is 9.59 Å². The second-order valence-corrected chi connectivity index (χ2v) is 4.28. The predicted molar refractivity (Wildman–Crippen MR) is 58.2 cm³/mol. The van der Waals surface area contributed by atoms with Gasteiger partial charge in [-0.2, -0.15) is 0 Å². The molecule has 15 heavy (non-hydrogen) atoms. The van der Waals surface area contributed by atoms with Crippen LogP contribution < -0.4 is 11.2 Å². The van der Waals surface area contributed by atoms with Crippen molar-refractivity contribution in [3.8, 4) is 0 Å². The SMILES string of the molecule is Cc1[nH]c(=O)[nH]c(=O)c1C1CCCCC1. The summed E-state index contributed by atoms with van der Waals surface area (Å²) in [7, 11) is 0. The molecule has 4 nitrogen and oxygen atoms in total. The van der Waals surface area contributed by atoms with Gasteiger partial charge in [0.1, 0.15) is 0 Å². The minimum absolute atomic E-state index is 0.205. The van der Waals surface area contributed by atoms with E-state index in [1.165, 1.54) is 19.3 Å². The van der Waals surface area contributed by atoms with E-state index in [1.54, 1.807) is 6.92 Å². The molecule has 82 valence electrons. The lowest BCUT2D eigenvalue weighted by molar-refractivity contribution is 0.438. The van der Waals surface area contributed by atoms with E-state index in [1.807, 2.05) is 0 Å². The summed E-state index contributed by atoms with van der Waals surface area (Å²) in [6.45, 7) is 1.81. The first-order valence-corrected chi connectivity index (χ1v) is 5.51. The van der Waals surface area contributed by atoms with Gasteiger partial charge in [-0.1, -0.05) is 19.3 Å². The van der Waals surface area contributed by atoms with E-state index in [0.29, 0.717) is 5.92 Å². The van der Waals surface area contributed by atoms with Gasteiger partial charge < -0.3 is 4.98 Å². The Hall–Kier alpha value is -1.32. The number of aromatic nitrogens is 2. The number of hydrogen-bond donors (Lipinski definition) is 2. The summed E-state index contributed by atoms with van der Waals surface area (Å²) < 4.78 is 0. The van der Waals surface area contributed by atoms with Crippen LogP contribution in [0, 0.1) is 6.92 Å². The zero-order valence-electron chi connectivity index (χ0n) is 8.93. The molecule has 2 N–H and O–H groups in total. The number of aryl methyl sites for hydroxylation is 1. The molecule has 1 aliphatic carbocycles. The first-order valence-electron chi connectivity index (χ1n) is 5.51. The molecule has 1 aromatic heterocycles. The molecule has 0 amide bonds. The van der Waals surface area contributed by atoms with Crippen LogP contribution in [0.4, 0.5) is 0 Å². The summed E-state index contributed by atoms with van der Waals surface area (Å²) >= 11 is 0. The van der Waals surface area contributed by atoms with Crippen molar-refractivity contribution in [2.24, 2.45) is 0 Å². The average molecular weight is 208 g/mol. The Labute approximate surface area is 87.7 Å². The van der Waals surface area contributed by atoms with Crippen molar-refractivity contribution in [2.45, 2.75) is 44.9 Å². The van der Waals surface area contributed by atoms with Gasteiger partial charge in [0.05, 0.1) is 0 Å². The van der Waals surface area contributed by atoms with Crippen LogP contribution in [0.1, 0.15) is 49.3 Å². The molecule has 0 spiro atoms. The van der Waals surface area contributed by atoms with E-state index in [-0.39, 0.29) is 5.56 Å². The van der Waals surface area contributed by atoms with Gasteiger partial charge in [-0.05, 0) is 25.7 Å². The van der Waals surface area contributed by atoms with Crippen molar-refractivity contribution in [1.29, 1.82) is 0 Å². The molecule has 1 aliphatic rings. The predicted octanol–water partition coefficient (Wildman–Crippen LogP) is 1.42. The smallest absolute Gasteiger partial charge is 0.311 e. The zero-order valence-corrected chi connectivity index (χ0v) is 8.93. The van der Waals surface area contributed by atoms with Crippen molar-refractivity contribution in [1.82, 2.24) is 9.97 Å². The highest BCUT2D eigenvalue weighted by atomic mass is 16.2. The zero-order chi connectivity index (χ0) is 10.8. The fraction of sp³-hybridized carbons (Fsp3) is 0.636. The van der Waals surface area contributed by atoms with Crippen molar-refractivity contribution in [2.75, 3.05) is 0 Å². The Bertz CT molecular complexity index is 452. The van der Waals surface area contributed by atoms with Crippen molar-refractivity contribution in [3.05, 3.63) is 32.1 Å². The largest absolute Gasteiger partial charge is 0.325 e. The van der Waals surface area contributed by atoms with E-state index in [2.05, 4.69) is 9.97 Å². The Morgan fingerprint density at radius 2 is 1.73 bits per heavy atom. The van der Waals surface area contributed by atoms with Crippen LogP contribution in [-0.2, 0) is 0 Å². The molecule has 4 heteroatoms. The summed E-state index contributed by atoms with van der Waals surface area (Å²) in [4.78, 5) is 27.7. The van der Waals surface area contributed by atoms with Gasteiger partial charge in [0.2, 0.25) is 0 Å². The summed E-state index contributed by atoms with van der Waals surface area (Å²) in [5, 5.41) is 0. The van der Waals surface area contributed by atoms with E-state index in [4.69, 9.17) is 0 Å². The van der Waals surface area contributed by atoms with Crippen LogP contribution in [0.3, 0.4) is 0 Å². The van der Waals surface area contributed by atoms with Crippen LogP contribution in [0.2, 0.25) is 0 Å². The highest BCUT2D eigenvalue weighted by Crippen LogP contribution is 2.31. The lowest BCUT2D eigenvalue weighted by atomic mass is 9.84. The Morgan fingerprint density at radius 3 is 2.33 bits per heavy atom. The first kappa shape index (κ1) is 10.2. The lowest BCUT2D eigenvalue weighted by Gasteiger charge is -2.21. The Balaban J connectivity index is 2.42. The highest BCUT2D eigenvalue weighted by molar-refractivity contribution is 5.20. The van der Waals surface area contributed by atoms with E-state index >= 15 is 0 Å². The molecule has 0 atom stereocenters. The quantitative estimate of drug-likeness (QED) is 0.733. The third kappa shape index (κ3) is 2.03. The number of hydrogen-bond acceptors (Lipinski definition) is 2. The van der Waals surface area contributed by atoms with E-state index in [9.17, 15) is 9.59 Å². The third-order valence-electron chi connectivity index (χ3n) is 3.19. The lowest BCUT2D eigenvalue weighted by Crippen LogP contribution is -2.29. The standard InChI is InChI=1S/C11H16N2O2/c1-7-9(8-5-3-2-4-6-8)10(14)13-11(15)12-7/h8H,2-6H2,1H3,(H2,12,13,14,15). The van der Waals surface area contributed by atoms with Crippen molar-refractivity contribution >= 4 is 0 Å². The molecule has 0 radical (unpaired) electrons. The fourth-order valence-electron chi connectivity index (χ4n) is 2.49. The molecule has 1 saturated carbocycles. The molecule has 1 fully saturated rings. The number of H-pyrrole nitrogens is 2. The van der Waals surface area contributed by atoms with Crippen LogP contribution in [-0.4, -0.2) is 9.97 Å². The molecule has 0 unspecified atom stereocenters. The molecule has 2 rings (SSSR count). The normalized spacial score (nSPS) is 17.9. The summed E-state index contributed by atoms with van der Waals surface area (Å²) in [6, 6.07) is 0. The number of aromatic amines is 2. The van der Waals surface area contributed by atoms with E-state index < -0.39 is 5.69 Å².